The molecule has 0 amide bonds. The number of nitrogens with one attached hydrogen (secondary N) is 1. The van der Waals surface area contributed by atoms with E-state index in [4.69, 9.17) is 4.99 Å². The summed E-state index contributed by atoms with van der Waals surface area (Å²) < 4.78 is 38.5. The highest BCUT2D eigenvalue weighted by Crippen LogP contribution is 2.31. The molecule has 3 aromatic rings. The van der Waals surface area contributed by atoms with Crippen LogP contribution < -0.4 is 5.32 Å². The van der Waals surface area contributed by atoms with Crippen molar-refractivity contribution >= 4 is 17.2 Å². The standard InChI is InChI=1S/C24H21F3N4/c1-3-20-19(16-7-5-4-6-8-16)14-22(29-20)30-21-13-15(2)28-23(31-21)17-9-11-18(12-10-17)24(25,26)27/h4-14,20H,3H2,1-2H3,(H,28,29,30,31). The Kier molecular flexibility index (Phi) is 5.59. The van der Waals surface area contributed by atoms with Gasteiger partial charge < -0.3 is 5.32 Å². The van der Waals surface area contributed by atoms with Crippen LogP contribution in [0.3, 0.4) is 0 Å². The lowest BCUT2D eigenvalue weighted by Crippen LogP contribution is -2.10. The minimum atomic E-state index is -4.38. The van der Waals surface area contributed by atoms with E-state index in [9.17, 15) is 13.2 Å². The van der Waals surface area contributed by atoms with Crippen LogP contribution in [0.25, 0.3) is 17.0 Å². The molecule has 0 radical (unpaired) electrons. The molecule has 31 heavy (non-hydrogen) atoms. The maximum atomic E-state index is 12.8. The molecule has 1 atom stereocenters. The highest BCUT2D eigenvalue weighted by Gasteiger charge is 2.30. The van der Waals surface area contributed by atoms with E-state index in [2.05, 4.69) is 34.3 Å². The highest BCUT2D eigenvalue weighted by atomic mass is 19.4. The number of amidine groups is 1. The summed E-state index contributed by atoms with van der Waals surface area (Å²) in [6, 6.07) is 16.8. The Morgan fingerprint density at radius 2 is 1.65 bits per heavy atom. The normalized spacial score (nSPS) is 16.1. The number of rotatable bonds is 4. The van der Waals surface area contributed by atoms with E-state index in [0.29, 0.717) is 28.7 Å². The first kappa shape index (κ1) is 20.8. The van der Waals surface area contributed by atoms with Crippen LogP contribution in [0.15, 0.2) is 71.7 Å². The lowest BCUT2D eigenvalue weighted by atomic mass is 9.98. The van der Waals surface area contributed by atoms with Gasteiger partial charge in [0.25, 0.3) is 0 Å². The van der Waals surface area contributed by atoms with E-state index in [0.717, 1.165) is 29.7 Å². The van der Waals surface area contributed by atoms with Crippen LogP contribution in [0.5, 0.6) is 0 Å². The molecule has 158 valence electrons. The SMILES string of the molecule is CCC1N=C(Nc2cc(C)nc(-c3ccc(C(F)(F)F)cc3)n2)C=C1c1ccccc1. The van der Waals surface area contributed by atoms with Gasteiger partial charge in [-0.1, -0.05) is 49.4 Å². The Bertz CT molecular complexity index is 1130. The van der Waals surface area contributed by atoms with Gasteiger partial charge in [0.15, 0.2) is 5.82 Å². The second-order valence-corrected chi connectivity index (χ2v) is 7.32. The number of aryl methyl sites for hydroxylation is 1. The first-order valence-corrected chi connectivity index (χ1v) is 9.98. The molecule has 0 aliphatic carbocycles. The molecule has 0 saturated heterocycles. The molecule has 1 unspecified atom stereocenters. The van der Waals surface area contributed by atoms with E-state index in [1.807, 2.05) is 31.2 Å². The lowest BCUT2D eigenvalue weighted by Gasteiger charge is -2.10. The fourth-order valence-electron chi connectivity index (χ4n) is 3.51. The summed E-state index contributed by atoms with van der Waals surface area (Å²) in [7, 11) is 0. The van der Waals surface area contributed by atoms with Crippen molar-refractivity contribution in [2.45, 2.75) is 32.5 Å². The molecule has 0 fully saturated rings. The summed E-state index contributed by atoms with van der Waals surface area (Å²) in [6.07, 6.45) is -1.50. The van der Waals surface area contributed by atoms with E-state index < -0.39 is 11.7 Å². The molecule has 4 nitrogen and oxygen atoms in total. The minimum Gasteiger partial charge on any atom is -0.325 e. The third-order valence-electron chi connectivity index (χ3n) is 5.02. The number of hydrogen-bond acceptors (Lipinski definition) is 4. The van der Waals surface area contributed by atoms with Crippen molar-refractivity contribution in [3.05, 3.63) is 83.6 Å². The molecule has 1 N–H and O–H groups in total. The molecular weight excluding hydrogens is 401 g/mol. The Balaban J connectivity index is 1.60. The van der Waals surface area contributed by atoms with Gasteiger partial charge in [-0.25, -0.2) is 9.97 Å². The summed E-state index contributed by atoms with van der Waals surface area (Å²) >= 11 is 0. The summed E-state index contributed by atoms with van der Waals surface area (Å²) in [6.45, 7) is 3.91. The van der Waals surface area contributed by atoms with Gasteiger partial charge >= 0.3 is 6.18 Å². The first-order chi connectivity index (χ1) is 14.8. The van der Waals surface area contributed by atoms with Gasteiger partial charge in [0.2, 0.25) is 0 Å². The Morgan fingerprint density at radius 1 is 0.935 bits per heavy atom. The molecule has 2 heterocycles. The van der Waals surface area contributed by atoms with Crippen LogP contribution in [0.4, 0.5) is 19.0 Å². The van der Waals surface area contributed by atoms with Crippen molar-refractivity contribution in [1.82, 2.24) is 9.97 Å². The zero-order valence-electron chi connectivity index (χ0n) is 17.1. The van der Waals surface area contributed by atoms with Crippen molar-refractivity contribution in [3.63, 3.8) is 0 Å². The summed E-state index contributed by atoms with van der Waals surface area (Å²) in [5, 5.41) is 3.23. The molecular formula is C24H21F3N4. The Morgan fingerprint density at radius 3 is 2.29 bits per heavy atom. The third-order valence-corrected chi connectivity index (χ3v) is 5.02. The summed E-state index contributed by atoms with van der Waals surface area (Å²) in [5.74, 6) is 1.60. The van der Waals surface area contributed by atoms with Crippen LogP contribution in [-0.2, 0) is 6.18 Å². The van der Waals surface area contributed by atoms with Crippen LogP contribution in [0.1, 0.15) is 30.2 Å². The lowest BCUT2D eigenvalue weighted by molar-refractivity contribution is -0.137. The van der Waals surface area contributed by atoms with Gasteiger partial charge in [-0.3, -0.25) is 4.99 Å². The van der Waals surface area contributed by atoms with Gasteiger partial charge in [-0.05, 0) is 42.7 Å². The quantitative estimate of drug-likeness (QED) is 0.548. The molecule has 2 aromatic carbocycles. The number of anilines is 1. The molecule has 0 saturated carbocycles. The number of alkyl halides is 3. The van der Waals surface area contributed by atoms with Crippen LogP contribution in [0, 0.1) is 6.92 Å². The van der Waals surface area contributed by atoms with Crippen molar-refractivity contribution in [1.29, 1.82) is 0 Å². The fourth-order valence-corrected chi connectivity index (χ4v) is 3.51. The highest BCUT2D eigenvalue weighted by molar-refractivity contribution is 6.11. The summed E-state index contributed by atoms with van der Waals surface area (Å²) in [5.41, 5.74) is 2.77. The van der Waals surface area contributed by atoms with Gasteiger partial charge in [0, 0.05) is 17.3 Å². The van der Waals surface area contributed by atoms with Gasteiger partial charge in [0.05, 0.1) is 11.6 Å². The average molecular weight is 422 g/mol. The third kappa shape index (κ3) is 4.66. The maximum absolute atomic E-state index is 12.8. The zero-order valence-corrected chi connectivity index (χ0v) is 17.1. The minimum absolute atomic E-state index is 0.0576. The number of aromatic nitrogens is 2. The van der Waals surface area contributed by atoms with Crippen LogP contribution in [0.2, 0.25) is 0 Å². The van der Waals surface area contributed by atoms with Crippen molar-refractivity contribution < 1.29 is 13.2 Å². The monoisotopic (exact) mass is 422 g/mol. The Hall–Kier alpha value is -3.48. The molecule has 0 spiro atoms. The maximum Gasteiger partial charge on any atom is 0.416 e. The average Bonchev–Trinajstić information content (AvgIpc) is 3.16. The van der Waals surface area contributed by atoms with Gasteiger partial charge in [0.1, 0.15) is 11.7 Å². The molecule has 1 aliphatic rings. The molecule has 1 aliphatic heterocycles. The number of aliphatic imine (C=N–C) groups is 1. The van der Waals surface area contributed by atoms with E-state index >= 15 is 0 Å². The molecule has 7 heteroatoms. The predicted octanol–water partition coefficient (Wildman–Crippen LogP) is 6.16. The van der Waals surface area contributed by atoms with Crippen molar-refractivity contribution in [2.24, 2.45) is 4.99 Å². The molecule has 0 bridgehead atoms. The van der Waals surface area contributed by atoms with Crippen LogP contribution >= 0.6 is 0 Å². The second kappa shape index (κ2) is 8.34. The molecule has 1 aromatic heterocycles. The van der Waals surface area contributed by atoms with Crippen molar-refractivity contribution in [2.75, 3.05) is 5.32 Å². The number of benzene rings is 2. The van der Waals surface area contributed by atoms with E-state index in [1.165, 1.54) is 12.1 Å². The molecule has 4 rings (SSSR count). The zero-order chi connectivity index (χ0) is 22.0. The van der Waals surface area contributed by atoms with Crippen LogP contribution in [-0.4, -0.2) is 21.8 Å². The van der Waals surface area contributed by atoms with Crippen molar-refractivity contribution in [3.8, 4) is 11.4 Å². The fraction of sp³-hybridized carbons (Fsp3) is 0.208. The van der Waals surface area contributed by atoms with E-state index in [-0.39, 0.29) is 6.04 Å². The van der Waals surface area contributed by atoms with E-state index in [1.54, 1.807) is 6.07 Å². The summed E-state index contributed by atoms with van der Waals surface area (Å²) in [4.78, 5) is 13.6. The number of halogens is 3. The number of nitrogens with zero attached hydrogens (tertiary/aromatic N) is 3. The number of hydrogen-bond donors (Lipinski definition) is 1. The predicted molar refractivity (Wildman–Crippen MR) is 117 cm³/mol. The first-order valence-electron chi connectivity index (χ1n) is 9.98. The smallest absolute Gasteiger partial charge is 0.325 e. The largest absolute Gasteiger partial charge is 0.416 e. The second-order valence-electron chi connectivity index (χ2n) is 7.32. The topological polar surface area (TPSA) is 50.2 Å². The van der Waals surface area contributed by atoms with Gasteiger partial charge in [-0.15, -0.1) is 0 Å². The van der Waals surface area contributed by atoms with Gasteiger partial charge in [-0.2, -0.15) is 13.2 Å². The Labute approximate surface area is 178 Å².